The molecule has 6 nitrogen and oxygen atoms in total. The van der Waals surface area contributed by atoms with E-state index in [1.54, 1.807) is 24.3 Å². The summed E-state index contributed by atoms with van der Waals surface area (Å²) in [5.74, 6) is -1.18. The van der Waals surface area contributed by atoms with E-state index in [4.69, 9.17) is 11.6 Å². The molecular formula is C19H15ClFN3O3. The molecule has 0 bridgehead atoms. The lowest BCUT2D eigenvalue weighted by molar-refractivity contribution is -0.126. The predicted molar refractivity (Wildman–Crippen MR) is 97.9 cm³/mol. The molecule has 27 heavy (non-hydrogen) atoms. The highest BCUT2D eigenvalue weighted by Crippen LogP contribution is 2.31. The number of carbonyl (C=O) groups excluding carboxylic acids is 3. The van der Waals surface area contributed by atoms with Gasteiger partial charge in [-0.2, -0.15) is 0 Å². The van der Waals surface area contributed by atoms with Gasteiger partial charge in [-0.3, -0.25) is 14.4 Å². The van der Waals surface area contributed by atoms with Crippen molar-refractivity contribution in [1.82, 2.24) is 9.80 Å². The standard InChI is InChI=1S/C19H15ClFN3O3/c20-14-3-1-12(8-15(14)21)11-2-4-16-13(7-11)19(27)24-6-5-23(10-25)9-17(24)18(26)22-16/h1-4,7-8,10,17H,5-6,9H2,(H,22,26). The van der Waals surface area contributed by atoms with E-state index in [0.29, 0.717) is 35.3 Å². The molecule has 0 spiro atoms. The van der Waals surface area contributed by atoms with Crippen LogP contribution in [0.15, 0.2) is 36.4 Å². The van der Waals surface area contributed by atoms with E-state index in [-0.39, 0.29) is 29.9 Å². The van der Waals surface area contributed by atoms with Crippen molar-refractivity contribution in [1.29, 1.82) is 0 Å². The molecule has 3 amide bonds. The number of halogens is 2. The second-order valence-electron chi connectivity index (χ2n) is 6.49. The van der Waals surface area contributed by atoms with Gasteiger partial charge in [0.15, 0.2) is 0 Å². The zero-order valence-corrected chi connectivity index (χ0v) is 14.9. The molecule has 2 heterocycles. The van der Waals surface area contributed by atoms with Crippen LogP contribution in [0.5, 0.6) is 0 Å². The Hall–Kier alpha value is -2.93. The topological polar surface area (TPSA) is 69.7 Å². The van der Waals surface area contributed by atoms with E-state index in [1.165, 1.54) is 21.9 Å². The number of hydrogen-bond donors (Lipinski definition) is 1. The van der Waals surface area contributed by atoms with Crippen molar-refractivity contribution in [2.45, 2.75) is 6.04 Å². The van der Waals surface area contributed by atoms with Gasteiger partial charge in [0.05, 0.1) is 16.3 Å². The van der Waals surface area contributed by atoms with Crippen molar-refractivity contribution in [3.63, 3.8) is 0 Å². The van der Waals surface area contributed by atoms with Crippen molar-refractivity contribution < 1.29 is 18.8 Å². The third kappa shape index (κ3) is 3.04. The summed E-state index contributed by atoms with van der Waals surface area (Å²) in [6.45, 7) is 0.801. The zero-order valence-electron chi connectivity index (χ0n) is 14.1. The average Bonchev–Trinajstić information content (AvgIpc) is 2.78. The molecule has 0 aliphatic carbocycles. The number of carbonyl (C=O) groups is 3. The van der Waals surface area contributed by atoms with Crippen LogP contribution in [-0.2, 0) is 9.59 Å². The van der Waals surface area contributed by atoms with Crippen LogP contribution in [0.25, 0.3) is 11.1 Å². The van der Waals surface area contributed by atoms with Crippen LogP contribution in [0.1, 0.15) is 10.4 Å². The largest absolute Gasteiger partial charge is 0.341 e. The number of nitrogens with one attached hydrogen (secondary N) is 1. The first-order valence-corrected chi connectivity index (χ1v) is 8.76. The average molecular weight is 388 g/mol. The minimum absolute atomic E-state index is 0.0211. The summed E-state index contributed by atoms with van der Waals surface area (Å²) in [5, 5.41) is 2.78. The maximum Gasteiger partial charge on any atom is 0.256 e. The fraction of sp³-hybridized carbons (Fsp3) is 0.211. The molecule has 1 unspecified atom stereocenters. The van der Waals surface area contributed by atoms with Crippen LogP contribution in [0, 0.1) is 5.82 Å². The van der Waals surface area contributed by atoms with Gasteiger partial charge in [-0.15, -0.1) is 0 Å². The van der Waals surface area contributed by atoms with E-state index >= 15 is 0 Å². The second kappa shape index (κ2) is 6.66. The molecule has 4 rings (SSSR count). The van der Waals surface area contributed by atoms with E-state index in [1.807, 2.05) is 0 Å². The van der Waals surface area contributed by atoms with Crippen LogP contribution >= 0.6 is 11.6 Å². The number of rotatable bonds is 2. The van der Waals surface area contributed by atoms with Crippen molar-refractivity contribution in [2.24, 2.45) is 0 Å². The van der Waals surface area contributed by atoms with Gasteiger partial charge in [-0.05, 0) is 35.4 Å². The molecular weight excluding hydrogens is 373 g/mol. The summed E-state index contributed by atoms with van der Waals surface area (Å²) in [6, 6.07) is 8.65. The molecule has 0 aromatic heterocycles. The van der Waals surface area contributed by atoms with E-state index in [2.05, 4.69) is 5.32 Å². The maximum atomic E-state index is 13.8. The summed E-state index contributed by atoms with van der Waals surface area (Å²) in [4.78, 5) is 39.6. The number of fused-ring (bicyclic) bond motifs is 2. The number of anilines is 1. The first-order chi connectivity index (χ1) is 13.0. The van der Waals surface area contributed by atoms with Gasteiger partial charge >= 0.3 is 0 Å². The summed E-state index contributed by atoms with van der Waals surface area (Å²) < 4.78 is 13.8. The maximum absolute atomic E-state index is 13.8. The Bertz CT molecular complexity index is 965. The lowest BCUT2D eigenvalue weighted by atomic mass is 10.0. The fourth-order valence-corrected chi connectivity index (χ4v) is 3.54. The first-order valence-electron chi connectivity index (χ1n) is 8.38. The van der Waals surface area contributed by atoms with Crippen molar-refractivity contribution in [3.8, 4) is 11.1 Å². The van der Waals surface area contributed by atoms with Crippen LogP contribution in [0.3, 0.4) is 0 Å². The Kier molecular flexibility index (Phi) is 4.31. The third-order valence-corrected chi connectivity index (χ3v) is 5.19. The van der Waals surface area contributed by atoms with E-state index < -0.39 is 11.9 Å². The van der Waals surface area contributed by atoms with Crippen LogP contribution in [0.4, 0.5) is 10.1 Å². The van der Waals surface area contributed by atoms with Gasteiger partial charge in [0, 0.05) is 19.6 Å². The zero-order chi connectivity index (χ0) is 19.1. The van der Waals surface area contributed by atoms with Crippen LogP contribution < -0.4 is 5.32 Å². The second-order valence-corrected chi connectivity index (χ2v) is 6.90. The quantitative estimate of drug-likeness (QED) is 0.804. The Balaban J connectivity index is 1.74. The summed E-state index contributed by atoms with van der Waals surface area (Å²) in [7, 11) is 0. The van der Waals surface area contributed by atoms with Gasteiger partial charge in [0.2, 0.25) is 12.3 Å². The normalized spacial score (nSPS) is 19.1. The molecule has 1 N–H and O–H groups in total. The molecule has 1 atom stereocenters. The number of piperazine rings is 1. The van der Waals surface area contributed by atoms with Gasteiger partial charge in [0.1, 0.15) is 11.9 Å². The van der Waals surface area contributed by atoms with Crippen molar-refractivity contribution in [3.05, 3.63) is 52.8 Å². The molecule has 1 fully saturated rings. The van der Waals surface area contributed by atoms with E-state index in [0.717, 1.165) is 0 Å². The highest BCUT2D eigenvalue weighted by molar-refractivity contribution is 6.30. The summed E-state index contributed by atoms with van der Waals surface area (Å²) in [5.41, 5.74) is 1.94. The molecule has 2 aliphatic heterocycles. The Morgan fingerprint density at radius 1 is 1.11 bits per heavy atom. The molecule has 138 valence electrons. The highest BCUT2D eigenvalue weighted by Gasteiger charge is 2.39. The smallest absolute Gasteiger partial charge is 0.256 e. The number of nitrogens with zero attached hydrogens (tertiary/aromatic N) is 2. The highest BCUT2D eigenvalue weighted by atomic mass is 35.5. The van der Waals surface area contributed by atoms with E-state index in [9.17, 15) is 18.8 Å². The summed E-state index contributed by atoms with van der Waals surface area (Å²) in [6.07, 6.45) is 0.681. The lowest BCUT2D eigenvalue weighted by Crippen LogP contribution is -2.58. The van der Waals surface area contributed by atoms with Gasteiger partial charge < -0.3 is 15.1 Å². The molecule has 1 saturated heterocycles. The molecule has 0 radical (unpaired) electrons. The van der Waals surface area contributed by atoms with Gasteiger partial charge in [-0.25, -0.2) is 4.39 Å². The predicted octanol–water partition coefficient (Wildman–Crippen LogP) is 2.38. The number of hydrogen-bond acceptors (Lipinski definition) is 3. The number of benzene rings is 2. The van der Waals surface area contributed by atoms with Crippen molar-refractivity contribution >= 4 is 35.5 Å². The number of amides is 3. The Labute approximate surface area is 159 Å². The lowest BCUT2D eigenvalue weighted by Gasteiger charge is -2.37. The molecule has 2 aromatic carbocycles. The first kappa shape index (κ1) is 17.5. The summed E-state index contributed by atoms with van der Waals surface area (Å²) >= 11 is 5.73. The van der Waals surface area contributed by atoms with Crippen molar-refractivity contribution in [2.75, 3.05) is 25.0 Å². The Morgan fingerprint density at radius 3 is 2.59 bits per heavy atom. The van der Waals surface area contributed by atoms with Crippen LogP contribution in [-0.4, -0.2) is 53.7 Å². The van der Waals surface area contributed by atoms with Crippen LogP contribution in [0.2, 0.25) is 5.02 Å². The minimum Gasteiger partial charge on any atom is -0.341 e. The minimum atomic E-state index is -0.736. The SMILES string of the molecule is O=CN1CCN2C(=O)c3cc(-c4ccc(Cl)c(F)c4)ccc3NC(=O)C2C1. The van der Waals surface area contributed by atoms with Gasteiger partial charge in [-0.1, -0.05) is 23.7 Å². The molecule has 8 heteroatoms. The van der Waals surface area contributed by atoms with Gasteiger partial charge in [0.25, 0.3) is 5.91 Å². The Morgan fingerprint density at radius 2 is 1.85 bits per heavy atom. The third-order valence-electron chi connectivity index (χ3n) is 4.89. The molecule has 0 saturated carbocycles. The molecule has 2 aromatic rings. The monoisotopic (exact) mass is 387 g/mol. The fourth-order valence-electron chi connectivity index (χ4n) is 3.42. The molecule has 2 aliphatic rings.